The number of amides is 1. The fourth-order valence-electron chi connectivity index (χ4n) is 2.79. The summed E-state index contributed by atoms with van der Waals surface area (Å²) < 4.78 is 0.973. The van der Waals surface area contributed by atoms with E-state index in [0.717, 1.165) is 28.7 Å². The molecule has 1 aromatic heterocycles. The molecule has 0 atom stereocenters. The lowest BCUT2D eigenvalue weighted by molar-refractivity contribution is -0.118. The van der Waals surface area contributed by atoms with Crippen LogP contribution in [0.4, 0.5) is 5.13 Å². The second-order valence-corrected chi connectivity index (χ2v) is 8.38. The number of aromatic nitrogens is 1. The van der Waals surface area contributed by atoms with E-state index >= 15 is 0 Å². The van der Waals surface area contributed by atoms with Crippen LogP contribution in [0.25, 0.3) is 10.2 Å². The van der Waals surface area contributed by atoms with Gasteiger partial charge in [-0.1, -0.05) is 58.8 Å². The third-order valence-corrected chi connectivity index (χ3v) is 5.89. The number of carbonyl (C=O) groups excluding carboxylic acids is 1. The summed E-state index contributed by atoms with van der Waals surface area (Å²) in [4.78, 5) is 21.6. The second-order valence-electron chi connectivity index (χ2n) is 6.55. The molecular weight excluding hydrogens is 401 g/mol. The highest BCUT2D eigenvalue weighted by Crippen LogP contribution is 2.33. The van der Waals surface area contributed by atoms with Crippen LogP contribution in [0.2, 0.25) is 10.0 Å². The van der Waals surface area contributed by atoms with Crippen LogP contribution in [0, 0.1) is 0 Å². The Kier molecular flexibility index (Phi) is 6.71. The van der Waals surface area contributed by atoms with Gasteiger partial charge in [0, 0.05) is 11.6 Å². The molecule has 0 saturated carbocycles. The van der Waals surface area contributed by atoms with Crippen LogP contribution in [-0.2, 0) is 11.2 Å². The Labute approximate surface area is 173 Å². The number of thiazole rings is 1. The Morgan fingerprint density at radius 2 is 1.78 bits per heavy atom. The maximum absolute atomic E-state index is 13.1. The number of para-hydroxylation sites is 1. The van der Waals surface area contributed by atoms with E-state index in [2.05, 4.69) is 9.88 Å². The second kappa shape index (κ2) is 9.02. The first-order chi connectivity index (χ1) is 13.0. The van der Waals surface area contributed by atoms with E-state index in [9.17, 15) is 4.79 Å². The molecule has 27 heavy (non-hydrogen) atoms. The van der Waals surface area contributed by atoms with E-state index in [1.54, 1.807) is 11.0 Å². The molecule has 0 fully saturated rings. The van der Waals surface area contributed by atoms with Gasteiger partial charge in [0.25, 0.3) is 0 Å². The summed E-state index contributed by atoms with van der Waals surface area (Å²) in [5, 5.41) is 1.88. The number of halogens is 2. The molecule has 3 aromatic rings. The predicted octanol–water partition coefficient (Wildman–Crippen LogP) is 5.13. The van der Waals surface area contributed by atoms with Crippen molar-refractivity contribution in [1.82, 2.24) is 9.88 Å². The van der Waals surface area contributed by atoms with E-state index in [4.69, 9.17) is 23.2 Å². The first-order valence-electron chi connectivity index (χ1n) is 8.69. The van der Waals surface area contributed by atoms with Gasteiger partial charge in [0.2, 0.25) is 5.91 Å². The third kappa shape index (κ3) is 4.99. The number of anilines is 1. The quantitative estimate of drug-likeness (QED) is 0.530. The molecule has 0 aliphatic rings. The lowest BCUT2D eigenvalue weighted by Crippen LogP contribution is -2.34. The minimum atomic E-state index is -0.0166. The summed E-state index contributed by atoms with van der Waals surface area (Å²) in [5.41, 5.74) is 1.56. The Balaban J connectivity index is 1.88. The molecule has 0 saturated heterocycles. The standard InChI is InChI=1S/C20H21Cl2N3OS/c1-24(2)11-6-12-25(18(26)13-14-7-3-4-8-15(14)21)20-23-19-16(22)9-5-10-17(19)27-20/h3-5,7-10H,6,11-13H2,1-2H3. The minimum Gasteiger partial charge on any atom is -0.309 e. The van der Waals surface area contributed by atoms with Gasteiger partial charge in [0.15, 0.2) is 5.13 Å². The maximum Gasteiger partial charge on any atom is 0.233 e. The summed E-state index contributed by atoms with van der Waals surface area (Å²) in [6.07, 6.45) is 1.09. The van der Waals surface area contributed by atoms with Gasteiger partial charge >= 0.3 is 0 Å². The van der Waals surface area contributed by atoms with Crippen LogP contribution in [0.15, 0.2) is 42.5 Å². The van der Waals surface area contributed by atoms with Gasteiger partial charge in [-0.25, -0.2) is 4.98 Å². The zero-order chi connectivity index (χ0) is 19.4. The highest BCUT2D eigenvalue weighted by molar-refractivity contribution is 7.22. The average Bonchev–Trinajstić information content (AvgIpc) is 3.05. The summed E-state index contributed by atoms with van der Waals surface area (Å²) in [6.45, 7) is 1.49. The molecule has 1 amide bonds. The molecule has 4 nitrogen and oxygen atoms in total. The number of carbonyl (C=O) groups is 1. The highest BCUT2D eigenvalue weighted by atomic mass is 35.5. The molecule has 7 heteroatoms. The van der Waals surface area contributed by atoms with Gasteiger partial charge in [-0.3, -0.25) is 9.69 Å². The average molecular weight is 422 g/mol. The SMILES string of the molecule is CN(C)CCCN(C(=O)Cc1ccccc1Cl)c1nc2c(Cl)cccc2s1. The van der Waals surface area contributed by atoms with Gasteiger partial charge in [0.1, 0.15) is 5.52 Å². The minimum absolute atomic E-state index is 0.0166. The van der Waals surface area contributed by atoms with E-state index in [1.165, 1.54) is 11.3 Å². The molecule has 0 bridgehead atoms. The van der Waals surface area contributed by atoms with Crippen LogP contribution in [-0.4, -0.2) is 43.0 Å². The molecule has 0 unspecified atom stereocenters. The molecule has 0 spiro atoms. The smallest absolute Gasteiger partial charge is 0.233 e. The summed E-state index contributed by atoms with van der Waals surface area (Å²) in [6, 6.07) is 13.1. The number of hydrogen-bond acceptors (Lipinski definition) is 4. The first-order valence-corrected chi connectivity index (χ1v) is 10.3. The Morgan fingerprint density at radius 3 is 2.48 bits per heavy atom. The molecule has 2 aromatic carbocycles. The van der Waals surface area contributed by atoms with Crippen molar-refractivity contribution in [3.05, 3.63) is 58.1 Å². The monoisotopic (exact) mass is 421 g/mol. The van der Waals surface area contributed by atoms with Crippen LogP contribution >= 0.6 is 34.5 Å². The van der Waals surface area contributed by atoms with Crippen LogP contribution < -0.4 is 4.90 Å². The number of hydrogen-bond donors (Lipinski definition) is 0. The molecule has 3 rings (SSSR count). The van der Waals surface area contributed by atoms with Crippen LogP contribution in [0.3, 0.4) is 0 Å². The molecular formula is C20H21Cl2N3OS. The summed E-state index contributed by atoms with van der Waals surface area (Å²) >= 11 is 14.0. The number of nitrogens with zero attached hydrogens (tertiary/aromatic N) is 3. The van der Waals surface area contributed by atoms with E-state index in [1.807, 2.05) is 50.5 Å². The number of fused-ring (bicyclic) bond motifs is 1. The van der Waals surface area contributed by atoms with E-state index < -0.39 is 0 Å². The normalized spacial score (nSPS) is 11.3. The number of benzene rings is 2. The lowest BCUT2D eigenvalue weighted by atomic mass is 10.1. The third-order valence-electron chi connectivity index (χ3n) is 4.18. The maximum atomic E-state index is 13.1. The molecule has 0 N–H and O–H groups in total. The highest BCUT2D eigenvalue weighted by Gasteiger charge is 2.21. The van der Waals surface area contributed by atoms with Crippen molar-refractivity contribution in [2.45, 2.75) is 12.8 Å². The Morgan fingerprint density at radius 1 is 1.04 bits per heavy atom. The largest absolute Gasteiger partial charge is 0.309 e. The van der Waals surface area contributed by atoms with Crippen LogP contribution in [0.1, 0.15) is 12.0 Å². The van der Waals surface area contributed by atoms with Crippen molar-refractivity contribution in [3.63, 3.8) is 0 Å². The summed E-state index contributed by atoms with van der Waals surface area (Å²) in [7, 11) is 4.04. The first kappa shape index (κ1) is 20.1. The van der Waals surface area contributed by atoms with E-state index in [0.29, 0.717) is 21.7 Å². The van der Waals surface area contributed by atoms with E-state index in [-0.39, 0.29) is 12.3 Å². The van der Waals surface area contributed by atoms with Crippen molar-refractivity contribution in [1.29, 1.82) is 0 Å². The Hall–Kier alpha value is -1.66. The van der Waals surface area contributed by atoms with Crippen molar-refractivity contribution >= 4 is 55.8 Å². The fraction of sp³-hybridized carbons (Fsp3) is 0.300. The van der Waals surface area contributed by atoms with Crippen molar-refractivity contribution < 1.29 is 4.79 Å². The van der Waals surface area contributed by atoms with Gasteiger partial charge in [-0.15, -0.1) is 0 Å². The lowest BCUT2D eigenvalue weighted by Gasteiger charge is -2.21. The molecule has 142 valence electrons. The summed E-state index contributed by atoms with van der Waals surface area (Å²) in [5.74, 6) is -0.0166. The van der Waals surface area contributed by atoms with Crippen molar-refractivity contribution in [2.24, 2.45) is 0 Å². The topological polar surface area (TPSA) is 36.4 Å². The van der Waals surface area contributed by atoms with Gasteiger partial charge in [-0.05, 0) is 50.8 Å². The zero-order valence-electron chi connectivity index (χ0n) is 15.3. The zero-order valence-corrected chi connectivity index (χ0v) is 17.6. The molecule has 0 radical (unpaired) electrons. The molecule has 0 aliphatic heterocycles. The number of rotatable bonds is 7. The van der Waals surface area contributed by atoms with Gasteiger partial charge < -0.3 is 4.90 Å². The predicted molar refractivity (Wildman–Crippen MR) is 115 cm³/mol. The van der Waals surface area contributed by atoms with Crippen molar-refractivity contribution in [2.75, 3.05) is 32.1 Å². The molecule has 0 aliphatic carbocycles. The van der Waals surface area contributed by atoms with Crippen molar-refractivity contribution in [3.8, 4) is 0 Å². The molecule has 1 heterocycles. The van der Waals surface area contributed by atoms with Crippen LogP contribution in [0.5, 0.6) is 0 Å². The van der Waals surface area contributed by atoms with Gasteiger partial charge in [-0.2, -0.15) is 0 Å². The van der Waals surface area contributed by atoms with Gasteiger partial charge in [0.05, 0.1) is 16.1 Å². The fourth-order valence-corrected chi connectivity index (χ4v) is 4.30. The Bertz CT molecular complexity index is 942.